The van der Waals surface area contributed by atoms with E-state index in [1.165, 1.54) is 0 Å². The number of nitrogens with one attached hydrogen (secondary N) is 1. The molecule has 3 N–H and O–H groups in total. The predicted molar refractivity (Wildman–Crippen MR) is 78.7 cm³/mol. The van der Waals surface area contributed by atoms with Crippen LogP contribution >= 0.6 is 11.8 Å². The van der Waals surface area contributed by atoms with Crippen molar-refractivity contribution in [2.75, 3.05) is 11.5 Å². The van der Waals surface area contributed by atoms with Crippen LogP contribution in [0.3, 0.4) is 0 Å². The second-order valence-electron chi connectivity index (χ2n) is 4.37. The number of benzene rings is 1. The molecule has 0 heterocycles. The van der Waals surface area contributed by atoms with E-state index in [-0.39, 0.29) is 11.9 Å². The van der Waals surface area contributed by atoms with Gasteiger partial charge in [0.25, 0.3) is 0 Å². The van der Waals surface area contributed by atoms with Gasteiger partial charge in [-0.15, -0.1) is 0 Å². The minimum Gasteiger partial charge on any atom is -0.351 e. The fourth-order valence-electron chi connectivity index (χ4n) is 1.65. The summed E-state index contributed by atoms with van der Waals surface area (Å²) in [5.74, 6) is 1.93. The van der Waals surface area contributed by atoms with Gasteiger partial charge in [-0.25, -0.2) is 0 Å². The number of hydrogen-bond acceptors (Lipinski definition) is 3. The molecule has 1 aromatic rings. The molecule has 4 heteroatoms. The van der Waals surface area contributed by atoms with Crippen LogP contribution in [0.15, 0.2) is 30.3 Å². The fraction of sp³-hybridized carbons (Fsp3) is 0.500. The second kappa shape index (κ2) is 8.16. The van der Waals surface area contributed by atoms with E-state index in [0.717, 1.165) is 17.1 Å². The van der Waals surface area contributed by atoms with Crippen molar-refractivity contribution < 1.29 is 4.79 Å². The maximum Gasteiger partial charge on any atom is 0.237 e. The molecule has 0 saturated carbocycles. The number of carbonyl (C=O) groups is 1. The Labute approximate surface area is 114 Å². The van der Waals surface area contributed by atoms with Crippen molar-refractivity contribution in [2.24, 2.45) is 5.73 Å². The van der Waals surface area contributed by atoms with Crippen molar-refractivity contribution in [3.8, 4) is 0 Å². The van der Waals surface area contributed by atoms with Gasteiger partial charge in [-0.1, -0.05) is 37.3 Å². The molecule has 0 aliphatic carbocycles. The van der Waals surface area contributed by atoms with E-state index in [4.69, 9.17) is 5.73 Å². The van der Waals surface area contributed by atoms with E-state index >= 15 is 0 Å². The normalized spacial score (nSPS) is 13.9. The molecular formula is C14H22N2OS. The first-order valence-corrected chi connectivity index (χ1v) is 7.46. The maximum absolute atomic E-state index is 11.9. The van der Waals surface area contributed by atoms with Crippen molar-refractivity contribution in [2.45, 2.75) is 32.4 Å². The second-order valence-corrected chi connectivity index (χ2v) is 5.68. The van der Waals surface area contributed by atoms with Crippen molar-refractivity contribution in [3.05, 3.63) is 35.9 Å². The molecule has 0 aromatic heterocycles. The van der Waals surface area contributed by atoms with Gasteiger partial charge in [0.15, 0.2) is 0 Å². The molecule has 0 fully saturated rings. The minimum atomic E-state index is -0.471. The highest BCUT2D eigenvalue weighted by molar-refractivity contribution is 7.99. The molecule has 3 nitrogen and oxygen atoms in total. The molecule has 100 valence electrons. The molecule has 0 bridgehead atoms. The van der Waals surface area contributed by atoms with Crippen LogP contribution in [-0.4, -0.2) is 29.5 Å². The van der Waals surface area contributed by atoms with Gasteiger partial charge in [0.2, 0.25) is 5.91 Å². The Kier molecular flexibility index (Phi) is 6.83. The molecular weight excluding hydrogens is 244 g/mol. The average molecular weight is 266 g/mol. The van der Waals surface area contributed by atoms with E-state index in [1.807, 2.05) is 49.0 Å². The summed E-state index contributed by atoms with van der Waals surface area (Å²) in [5, 5.41) is 2.95. The lowest BCUT2D eigenvalue weighted by atomic mass is 10.1. The van der Waals surface area contributed by atoms with E-state index in [0.29, 0.717) is 6.42 Å². The number of nitrogens with two attached hydrogens (primary N) is 1. The third-order valence-electron chi connectivity index (χ3n) is 2.60. The summed E-state index contributed by atoms with van der Waals surface area (Å²) in [6, 6.07) is 9.55. The number of hydrogen-bond donors (Lipinski definition) is 2. The van der Waals surface area contributed by atoms with Gasteiger partial charge < -0.3 is 11.1 Å². The zero-order valence-electron chi connectivity index (χ0n) is 11.1. The molecule has 0 spiro atoms. The molecule has 0 aliphatic heterocycles. The van der Waals surface area contributed by atoms with Gasteiger partial charge in [0.1, 0.15) is 0 Å². The molecule has 1 rings (SSSR count). The summed E-state index contributed by atoms with van der Waals surface area (Å²) in [6.07, 6.45) is 0.584. The van der Waals surface area contributed by atoms with E-state index in [1.54, 1.807) is 0 Å². The number of thioether (sulfide) groups is 1. The summed E-state index contributed by atoms with van der Waals surface area (Å²) < 4.78 is 0. The Hall–Kier alpha value is -1.00. The van der Waals surface area contributed by atoms with E-state index in [9.17, 15) is 4.79 Å². The standard InChI is InChI=1S/C14H22N2OS/c1-3-18-10-11(2)16-14(17)13(15)9-12-7-5-4-6-8-12/h4-8,11,13H,3,9-10,15H2,1-2H3,(H,16,17)/t11?,13-/m0/s1. The van der Waals surface area contributed by atoms with Gasteiger partial charge in [0.05, 0.1) is 6.04 Å². The molecule has 0 aliphatic rings. The molecule has 1 amide bonds. The SMILES string of the molecule is CCSCC(C)NC(=O)[C@@H](N)Cc1ccccc1. The molecule has 2 atom stereocenters. The van der Waals surface area contributed by atoms with E-state index in [2.05, 4.69) is 12.2 Å². The van der Waals surface area contributed by atoms with Crippen LogP contribution in [0.2, 0.25) is 0 Å². The summed E-state index contributed by atoms with van der Waals surface area (Å²) in [5.41, 5.74) is 7.00. The highest BCUT2D eigenvalue weighted by Gasteiger charge is 2.15. The first kappa shape index (κ1) is 15.1. The lowest BCUT2D eigenvalue weighted by molar-refractivity contribution is -0.122. The number of rotatable bonds is 7. The molecule has 0 radical (unpaired) electrons. The molecule has 18 heavy (non-hydrogen) atoms. The first-order chi connectivity index (χ1) is 8.63. The third kappa shape index (κ3) is 5.56. The topological polar surface area (TPSA) is 55.1 Å². The number of carbonyl (C=O) groups excluding carboxylic acids is 1. The van der Waals surface area contributed by atoms with Crippen molar-refractivity contribution >= 4 is 17.7 Å². The average Bonchev–Trinajstić information content (AvgIpc) is 2.37. The quantitative estimate of drug-likeness (QED) is 0.791. The Morgan fingerprint density at radius 3 is 2.67 bits per heavy atom. The largest absolute Gasteiger partial charge is 0.351 e. The van der Waals surface area contributed by atoms with Crippen molar-refractivity contribution in [1.82, 2.24) is 5.32 Å². The molecule has 1 unspecified atom stereocenters. The maximum atomic E-state index is 11.9. The first-order valence-electron chi connectivity index (χ1n) is 6.31. The number of amides is 1. The van der Waals surface area contributed by atoms with Gasteiger partial charge in [-0.2, -0.15) is 11.8 Å². The fourth-order valence-corrected chi connectivity index (χ4v) is 2.32. The van der Waals surface area contributed by atoms with Crippen LogP contribution in [0.1, 0.15) is 19.4 Å². The Balaban J connectivity index is 2.37. The van der Waals surface area contributed by atoms with Crippen molar-refractivity contribution in [1.29, 1.82) is 0 Å². The Bertz CT molecular complexity index is 356. The van der Waals surface area contributed by atoms with Crippen LogP contribution in [-0.2, 0) is 11.2 Å². The van der Waals surface area contributed by atoms with Crippen LogP contribution in [0.25, 0.3) is 0 Å². The Morgan fingerprint density at radius 2 is 2.06 bits per heavy atom. The summed E-state index contributed by atoms with van der Waals surface area (Å²) in [4.78, 5) is 11.9. The van der Waals surface area contributed by atoms with Gasteiger partial charge in [-0.05, 0) is 24.7 Å². The lowest BCUT2D eigenvalue weighted by Gasteiger charge is -2.17. The molecule has 1 aromatic carbocycles. The van der Waals surface area contributed by atoms with Crippen molar-refractivity contribution in [3.63, 3.8) is 0 Å². The summed E-state index contributed by atoms with van der Waals surface area (Å²) in [6.45, 7) is 4.12. The lowest BCUT2D eigenvalue weighted by Crippen LogP contribution is -2.46. The van der Waals surface area contributed by atoms with Gasteiger partial charge in [-0.3, -0.25) is 4.79 Å². The highest BCUT2D eigenvalue weighted by atomic mass is 32.2. The zero-order chi connectivity index (χ0) is 13.4. The summed E-state index contributed by atoms with van der Waals surface area (Å²) >= 11 is 1.82. The highest BCUT2D eigenvalue weighted by Crippen LogP contribution is 2.04. The zero-order valence-corrected chi connectivity index (χ0v) is 11.9. The monoisotopic (exact) mass is 266 g/mol. The van der Waals surface area contributed by atoms with E-state index < -0.39 is 6.04 Å². The van der Waals surface area contributed by atoms with Gasteiger partial charge >= 0.3 is 0 Å². The third-order valence-corrected chi connectivity index (χ3v) is 3.74. The smallest absolute Gasteiger partial charge is 0.237 e. The van der Waals surface area contributed by atoms with Crippen LogP contribution in [0.4, 0.5) is 0 Å². The minimum absolute atomic E-state index is 0.0666. The van der Waals surface area contributed by atoms with Gasteiger partial charge in [0, 0.05) is 11.8 Å². The predicted octanol–water partition coefficient (Wildman–Crippen LogP) is 1.81. The van der Waals surface area contributed by atoms with Crippen LogP contribution in [0.5, 0.6) is 0 Å². The summed E-state index contributed by atoms with van der Waals surface area (Å²) in [7, 11) is 0. The van der Waals surface area contributed by atoms with Crippen LogP contribution < -0.4 is 11.1 Å². The molecule has 0 saturated heterocycles. The van der Waals surface area contributed by atoms with Crippen LogP contribution in [0, 0.1) is 0 Å². The Morgan fingerprint density at radius 1 is 1.39 bits per heavy atom.